The van der Waals surface area contributed by atoms with Crippen LogP contribution in [0.15, 0.2) is 85.2 Å². The predicted octanol–water partition coefficient (Wildman–Crippen LogP) is 9.73. The van der Waals surface area contributed by atoms with Gasteiger partial charge in [0.1, 0.15) is 8.07 Å². The van der Waals surface area contributed by atoms with Crippen LogP contribution in [0.4, 0.5) is 0 Å². The molecule has 3 nitrogen and oxygen atoms in total. The van der Waals surface area contributed by atoms with Crippen molar-refractivity contribution in [1.82, 2.24) is 0 Å². The molecule has 7 heteroatoms. The predicted molar refractivity (Wildman–Crippen MR) is 204 cm³/mol. The maximum Gasteiger partial charge on any atom is 0.264 e. The number of hydrogen-bond acceptors (Lipinski definition) is 3. The average Bonchev–Trinajstić information content (AvgIpc) is 2.99. The lowest BCUT2D eigenvalue weighted by molar-refractivity contribution is -0.00875. The largest absolute Gasteiger partial charge is 0.409 e. The van der Waals surface area contributed by atoms with Crippen molar-refractivity contribution in [3.05, 3.63) is 85.2 Å². The SMILES string of the molecule is C=C[Si](C)(C)OC(C)(CC)[Si](C)(C)OC(C)(CC)C(C)(CC)[Si](OC(C)(C)[Si](C)(C)C=C)(c1ccccc1)c1ccccc1. The van der Waals surface area contributed by atoms with Gasteiger partial charge in [0.25, 0.3) is 8.32 Å². The monoisotopic (exact) mass is 668 g/mol. The van der Waals surface area contributed by atoms with Crippen LogP contribution in [0.3, 0.4) is 0 Å². The van der Waals surface area contributed by atoms with E-state index in [1.807, 2.05) is 5.70 Å². The molecule has 0 aliphatic carbocycles. The van der Waals surface area contributed by atoms with E-state index < -0.39 is 38.6 Å². The second kappa shape index (κ2) is 13.8. The van der Waals surface area contributed by atoms with Gasteiger partial charge in [0.15, 0.2) is 0 Å². The van der Waals surface area contributed by atoms with E-state index in [1.165, 1.54) is 10.4 Å². The molecule has 0 aliphatic heterocycles. The lowest BCUT2D eigenvalue weighted by Gasteiger charge is -2.61. The van der Waals surface area contributed by atoms with Gasteiger partial charge in [0.05, 0.1) is 10.8 Å². The minimum Gasteiger partial charge on any atom is -0.409 e. The van der Waals surface area contributed by atoms with Crippen LogP contribution in [0.25, 0.3) is 0 Å². The van der Waals surface area contributed by atoms with E-state index in [1.54, 1.807) is 0 Å². The summed E-state index contributed by atoms with van der Waals surface area (Å²) in [6.07, 6.45) is 2.65. The normalized spacial score (nSPS) is 17.7. The highest BCUT2D eigenvalue weighted by atomic mass is 28.4. The highest BCUT2D eigenvalue weighted by Crippen LogP contribution is 2.56. The van der Waals surface area contributed by atoms with Gasteiger partial charge < -0.3 is 13.3 Å². The number of benzene rings is 2. The first kappa shape index (κ1) is 38.8. The molecule has 3 atom stereocenters. The maximum absolute atomic E-state index is 8.01. The Labute approximate surface area is 275 Å². The summed E-state index contributed by atoms with van der Waals surface area (Å²) in [4.78, 5) is 0. The van der Waals surface area contributed by atoms with Crippen molar-refractivity contribution in [2.45, 2.75) is 135 Å². The summed E-state index contributed by atoms with van der Waals surface area (Å²) in [6.45, 7) is 41.0. The first-order valence-electron chi connectivity index (χ1n) is 16.6. The fraction of sp³-hybridized carbons (Fsp3) is 0.568. The zero-order valence-corrected chi connectivity index (χ0v) is 34.7. The third kappa shape index (κ3) is 6.99. The van der Waals surface area contributed by atoms with E-state index in [0.717, 1.165) is 19.3 Å². The van der Waals surface area contributed by atoms with Crippen LogP contribution < -0.4 is 10.4 Å². The minimum atomic E-state index is -3.11. The molecule has 0 saturated heterocycles. The van der Waals surface area contributed by atoms with E-state index in [-0.39, 0.29) is 15.5 Å². The number of hydrogen-bond donors (Lipinski definition) is 0. The Kier molecular flexibility index (Phi) is 12.2. The van der Waals surface area contributed by atoms with Crippen LogP contribution in [-0.4, -0.2) is 49.1 Å². The van der Waals surface area contributed by atoms with Gasteiger partial charge in [-0.1, -0.05) is 113 Å². The van der Waals surface area contributed by atoms with Gasteiger partial charge >= 0.3 is 0 Å². The van der Waals surface area contributed by atoms with Crippen molar-refractivity contribution in [2.75, 3.05) is 0 Å². The van der Waals surface area contributed by atoms with Crippen molar-refractivity contribution >= 4 is 43.4 Å². The fourth-order valence-electron chi connectivity index (χ4n) is 6.62. The summed E-state index contributed by atoms with van der Waals surface area (Å²) in [5, 5.41) is 1.46. The third-order valence-corrected chi connectivity index (χ3v) is 27.7. The molecule has 0 heterocycles. The smallest absolute Gasteiger partial charge is 0.264 e. The zero-order chi connectivity index (χ0) is 33.9. The van der Waals surface area contributed by atoms with Gasteiger partial charge in [-0.3, -0.25) is 0 Å². The summed E-state index contributed by atoms with van der Waals surface area (Å²) in [5.74, 6) is 0. The molecule has 0 spiro atoms. The van der Waals surface area contributed by atoms with Crippen molar-refractivity contribution in [3.63, 3.8) is 0 Å². The molecular formula is C37H64O3Si4. The van der Waals surface area contributed by atoms with Gasteiger partial charge in [-0.25, -0.2) is 0 Å². The van der Waals surface area contributed by atoms with Crippen molar-refractivity contribution < 1.29 is 13.3 Å². The Morgan fingerprint density at radius 2 is 1.07 bits per heavy atom. The van der Waals surface area contributed by atoms with Crippen LogP contribution in [0, 0.1) is 0 Å². The van der Waals surface area contributed by atoms with Gasteiger partial charge in [-0.05, 0) is 83.5 Å². The lowest BCUT2D eigenvalue weighted by atomic mass is 9.85. The Morgan fingerprint density at radius 1 is 0.614 bits per heavy atom. The molecule has 0 aliphatic rings. The van der Waals surface area contributed by atoms with Gasteiger partial charge in [-0.2, -0.15) is 0 Å². The highest BCUT2D eigenvalue weighted by Gasteiger charge is 2.66. The van der Waals surface area contributed by atoms with E-state index >= 15 is 0 Å². The van der Waals surface area contributed by atoms with Gasteiger partial charge in [0.2, 0.25) is 16.6 Å². The van der Waals surface area contributed by atoms with Crippen LogP contribution in [0.1, 0.15) is 74.7 Å². The van der Waals surface area contributed by atoms with Crippen molar-refractivity contribution in [1.29, 1.82) is 0 Å². The first-order chi connectivity index (χ1) is 20.1. The van der Waals surface area contributed by atoms with Crippen LogP contribution >= 0.6 is 0 Å². The molecule has 2 aromatic rings. The quantitative estimate of drug-likeness (QED) is 0.157. The molecule has 0 N–H and O–H groups in total. The van der Waals surface area contributed by atoms with Crippen molar-refractivity contribution in [3.8, 4) is 0 Å². The average molecular weight is 669 g/mol. The van der Waals surface area contributed by atoms with Crippen LogP contribution in [0.2, 0.25) is 44.3 Å². The van der Waals surface area contributed by atoms with E-state index in [2.05, 4.69) is 174 Å². The van der Waals surface area contributed by atoms with Crippen molar-refractivity contribution in [2.24, 2.45) is 0 Å². The first-order valence-corrected chi connectivity index (χ1v) is 27.5. The molecule has 0 aromatic heterocycles. The molecule has 246 valence electrons. The Morgan fingerprint density at radius 3 is 1.41 bits per heavy atom. The van der Waals surface area contributed by atoms with E-state index in [9.17, 15) is 0 Å². The maximum atomic E-state index is 8.01. The second-order valence-electron chi connectivity index (χ2n) is 15.3. The minimum absolute atomic E-state index is 0.356. The molecule has 44 heavy (non-hydrogen) atoms. The molecule has 2 aromatic carbocycles. The van der Waals surface area contributed by atoms with Crippen LogP contribution in [-0.2, 0) is 13.3 Å². The fourth-order valence-corrected chi connectivity index (χ4v) is 20.1. The molecule has 3 unspecified atom stereocenters. The Bertz CT molecular complexity index is 1200. The summed E-state index contributed by atoms with van der Waals surface area (Å²) in [5.41, 5.74) is 3.72. The summed E-state index contributed by atoms with van der Waals surface area (Å²) >= 11 is 0. The summed E-state index contributed by atoms with van der Waals surface area (Å²) < 4.78 is 22.9. The molecule has 0 saturated carbocycles. The molecule has 0 bridgehead atoms. The Balaban J connectivity index is 3.04. The van der Waals surface area contributed by atoms with E-state index in [4.69, 9.17) is 13.3 Å². The number of rotatable bonds is 17. The zero-order valence-electron chi connectivity index (χ0n) is 30.7. The highest BCUT2D eigenvalue weighted by molar-refractivity contribution is 7.01. The third-order valence-electron chi connectivity index (χ3n) is 11.6. The van der Waals surface area contributed by atoms with Gasteiger partial charge in [-0.15, -0.1) is 13.2 Å². The molecule has 2 rings (SSSR count). The lowest BCUT2D eigenvalue weighted by Crippen LogP contribution is -2.77. The standard InChI is InChI=1S/C37H64O3Si4/c1-17-35(8,39-43(15,16)37(10,19-3)40-42(13,14)21-5)36(9,18-2)44(32-28-24-22-25-29-32,33-30-26-23-27-31-33)38-34(6,7)41(11,12)20-4/h20-31H,4-5,17-19H2,1-3,6-16H3. The molecule has 0 amide bonds. The van der Waals surface area contributed by atoms with Gasteiger partial charge in [0, 0.05) is 10.3 Å². The van der Waals surface area contributed by atoms with E-state index in [0.29, 0.717) is 0 Å². The summed E-state index contributed by atoms with van der Waals surface area (Å²) in [6, 6.07) is 22.2. The Hall–Kier alpha value is -1.33. The van der Waals surface area contributed by atoms with Crippen LogP contribution in [0.5, 0.6) is 0 Å². The topological polar surface area (TPSA) is 27.7 Å². The molecular weight excluding hydrogens is 605 g/mol. The molecule has 0 radical (unpaired) electrons. The second-order valence-corrected chi connectivity index (χ2v) is 32.3. The molecule has 0 fully saturated rings. The summed E-state index contributed by atoms with van der Waals surface area (Å²) in [7, 11) is -9.75.